The molecule has 3 rings (SSSR count). The Morgan fingerprint density at radius 2 is 1.92 bits per heavy atom. The van der Waals surface area contributed by atoms with Gasteiger partial charge in [-0.15, -0.1) is 0 Å². The van der Waals surface area contributed by atoms with E-state index in [1.807, 2.05) is 29.2 Å². The predicted octanol–water partition coefficient (Wildman–Crippen LogP) is 3.04. The number of nitro groups is 1. The minimum atomic E-state index is -3.47. The van der Waals surface area contributed by atoms with Gasteiger partial charge < -0.3 is 4.90 Å². The van der Waals surface area contributed by atoms with Crippen molar-refractivity contribution in [3.63, 3.8) is 0 Å². The molecule has 140 valence electrons. The molecule has 0 atom stereocenters. The van der Waals surface area contributed by atoms with Crippen LogP contribution in [0.15, 0.2) is 34.5 Å². The van der Waals surface area contributed by atoms with Crippen molar-refractivity contribution < 1.29 is 13.3 Å². The molecule has 0 bridgehead atoms. The molecule has 0 radical (unpaired) electrons. The highest BCUT2D eigenvalue weighted by Crippen LogP contribution is 2.40. The maximum Gasteiger partial charge on any atom is 0.305 e. The molecule has 1 aromatic heterocycles. The van der Waals surface area contributed by atoms with E-state index in [2.05, 4.69) is 4.90 Å². The Hall–Kier alpha value is -1.68. The quantitative estimate of drug-likeness (QED) is 0.551. The van der Waals surface area contributed by atoms with Gasteiger partial charge >= 0.3 is 5.69 Å². The van der Waals surface area contributed by atoms with Crippen LogP contribution in [0.4, 0.5) is 10.7 Å². The lowest BCUT2D eigenvalue weighted by atomic mass is 10.2. The average Bonchev–Trinajstić information content (AvgIpc) is 3.01. The van der Waals surface area contributed by atoms with E-state index in [1.54, 1.807) is 0 Å². The van der Waals surface area contributed by atoms with E-state index < -0.39 is 14.8 Å². The summed E-state index contributed by atoms with van der Waals surface area (Å²) in [5.74, 6) is 0. The molecule has 0 unspecified atom stereocenters. The van der Waals surface area contributed by atoms with Crippen molar-refractivity contribution in [2.45, 2.75) is 10.8 Å². The molecule has 2 heterocycles. The summed E-state index contributed by atoms with van der Waals surface area (Å²) >= 11 is 6.98. The van der Waals surface area contributed by atoms with Crippen LogP contribution in [0.2, 0.25) is 5.02 Å². The number of sulfone groups is 1. The van der Waals surface area contributed by atoms with Crippen LogP contribution in [0.25, 0.3) is 0 Å². The Morgan fingerprint density at radius 3 is 2.50 bits per heavy atom. The molecule has 1 aromatic carbocycles. The van der Waals surface area contributed by atoms with E-state index >= 15 is 0 Å². The standard InChI is InChI=1S/C16H18ClN3O4S2/c1-26(23,24)15-10-14(20(21)22)16(25-15)19-7-5-18(6-8-19)11-12-3-2-4-13(17)9-12/h2-4,9-10H,5-8,11H2,1H3. The van der Waals surface area contributed by atoms with E-state index in [1.165, 1.54) is 0 Å². The lowest BCUT2D eigenvalue weighted by Crippen LogP contribution is -2.45. The highest BCUT2D eigenvalue weighted by atomic mass is 35.5. The summed E-state index contributed by atoms with van der Waals surface area (Å²) in [6, 6.07) is 8.85. The normalized spacial score (nSPS) is 16.0. The van der Waals surface area contributed by atoms with Crippen molar-refractivity contribution >= 4 is 43.5 Å². The zero-order chi connectivity index (χ0) is 18.9. The molecule has 1 aliphatic rings. The summed E-state index contributed by atoms with van der Waals surface area (Å²) in [7, 11) is -3.47. The van der Waals surface area contributed by atoms with Gasteiger partial charge in [-0.2, -0.15) is 0 Å². The van der Waals surface area contributed by atoms with Crippen molar-refractivity contribution in [3.8, 4) is 0 Å². The summed E-state index contributed by atoms with van der Waals surface area (Å²) < 4.78 is 23.5. The zero-order valence-corrected chi connectivity index (χ0v) is 16.5. The van der Waals surface area contributed by atoms with Gasteiger partial charge in [0.25, 0.3) is 0 Å². The molecular formula is C16H18ClN3O4S2. The first-order valence-corrected chi connectivity index (χ1v) is 11.0. The van der Waals surface area contributed by atoms with Crippen LogP contribution < -0.4 is 4.90 Å². The largest absolute Gasteiger partial charge is 0.355 e. The number of hydrogen-bond donors (Lipinski definition) is 0. The van der Waals surface area contributed by atoms with Gasteiger partial charge in [0.15, 0.2) is 14.8 Å². The van der Waals surface area contributed by atoms with Gasteiger partial charge in [-0.25, -0.2) is 8.42 Å². The van der Waals surface area contributed by atoms with Crippen molar-refractivity contribution in [2.75, 3.05) is 37.3 Å². The number of benzene rings is 1. The van der Waals surface area contributed by atoms with Crippen LogP contribution in [0.5, 0.6) is 0 Å². The summed E-state index contributed by atoms with van der Waals surface area (Å²) in [5.41, 5.74) is 0.978. The number of halogens is 1. The Balaban J connectivity index is 1.72. The number of nitrogens with zero attached hydrogens (tertiary/aromatic N) is 3. The Bertz CT molecular complexity index is 921. The van der Waals surface area contributed by atoms with E-state index in [4.69, 9.17) is 11.6 Å². The van der Waals surface area contributed by atoms with Gasteiger partial charge in [0.1, 0.15) is 4.21 Å². The van der Waals surface area contributed by atoms with E-state index in [-0.39, 0.29) is 9.90 Å². The molecule has 10 heteroatoms. The summed E-state index contributed by atoms with van der Waals surface area (Å²) in [6.07, 6.45) is 1.06. The first kappa shape index (κ1) is 19.1. The Kier molecular flexibility index (Phi) is 5.52. The molecule has 0 amide bonds. The minimum absolute atomic E-state index is 0.0283. The van der Waals surface area contributed by atoms with E-state index in [0.717, 1.165) is 48.9 Å². The van der Waals surface area contributed by atoms with Crippen LogP contribution in [0.1, 0.15) is 5.56 Å². The molecule has 7 nitrogen and oxygen atoms in total. The topological polar surface area (TPSA) is 83.8 Å². The molecular weight excluding hydrogens is 398 g/mol. The second kappa shape index (κ2) is 7.51. The van der Waals surface area contributed by atoms with Crippen LogP contribution in [0.3, 0.4) is 0 Å². The van der Waals surface area contributed by atoms with Gasteiger partial charge in [-0.1, -0.05) is 35.1 Å². The molecule has 0 aliphatic carbocycles. The third-order valence-corrected chi connectivity index (χ3v) is 7.41. The van der Waals surface area contributed by atoms with Gasteiger partial charge in [-0.05, 0) is 17.7 Å². The van der Waals surface area contributed by atoms with Crippen molar-refractivity contribution in [1.29, 1.82) is 0 Å². The third kappa shape index (κ3) is 4.35. The lowest BCUT2D eigenvalue weighted by Gasteiger charge is -2.34. The molecule has 1 saturated heterocycles. The molecule has 0 spiro atoms. The smallest absolute Gasteiger partial charge is 0.305 e. The van der Waals surface area contributed by atoms with Crippen LogP contribution in [-0.2, 0) is 16.4 Å². The number of piperazine rings is 1. The summed E-state index contributed by atoms with van der Waals surface area (Å²) in [4.78, 5) is 14.9. The van der Waals surface area contributed by atoms with Gasteiger partial charge in [0.05, 0.1) is 4.92 Å². The molecule has 0 N–H and O–H groups in total. The summed E-state index contributed by atoms with van der Waals surface area (Å²) in [5, 5.41) is 12.4. The van der Waals surface area contributed by atoms with Gasteiger partial charge in [0.2, 0.25) is 0 Å². The van der Waals surface area contributed by atoms with Crippen LogP contribution in [-0.4, -0.2) is 50.7 Å². The van der Waals surface area contributed by atoms with Crippen molar-refractivity contribution in [1.82, 2.24) is 4.90 Å². The highest BCUT2D eigenvalue weighted by Gasteiger charge is 2.29. The first-order chi connectivity index (χ1) is 12.2. The van der Waals surface area contributed by atoms with Gasteiger partial charge in [-0.3, -0.25) is 15.0 Å². The second-order valence-corrected chi connectivity index (χ2v) is 9.89. The number of rotatable bonds is 5. The third-order valence-electron chi connectivity index (χ3n) is 4.19. The predicted molar refractivity (Wildman–Crippen MR) is 103 cm³/mol. The fourth-order valence-electron chi connectivity index (χ4n) is 2.89. The SMILES string of the molecule is CS(=O)(=O)c1cc([N+](=O)[O-])c(N2CCN(Cc3cccc(Cl)c3)CC2)s1. The molecule has 1 aliphatic heterocycles. The average molecular weight is 416 g/mol. The molecule has 1 fully saturated rings. The summed E-state index contributed by atoms with van der Waals surface area (Å²) in [6.45, 7) is 3.43. The number of anilines is 1. The fourth-order valence-corrected chi connectivity index (χ4v) is 5.18. The number of hydrogen-bond acceptors (Lipinski definition) is 7. The number of thiophene rings is 1. The van der Waals surface area contributed by atoms with E-state index in [0.29, 0.717) is 23.1 Å². The minimum Gasteiger partial charge on any atom is -0.355 e. The maximum atomic E-state index is 11.7. The second-order valence-electron chi connectivity index (χ2n) is 6.18. The highest BCUT2D eigenvalue weighted by molar-refractivity contribution is 7.92. The monoisotopic (exact) mass is 415 g/mol. The molecule has 26 heavy (non-hydrogen) atoms. The molecule has 0 saturated carbocycles. The van der Waals surface area contributed by atoms with Gasteiger partial charge in [0, 0.05) is 50.1 Å². The van der Waals surface area contributed by atoms with Crippen molar-refractivity contribution in [2.24, 2.45) is 0 Å². The maximum absolute atomic E-state index is 11.7. The molecule has 2 aromatic rings. The zero-order valence-electron chi connectivity index (χ0n) is 14.1. The van der Waals surface area contributed by atoms with Crippen LogP contribution >= 0.6 is 22.9 Å². The Morgan fingerprint density at radius 1 is 1.23 bits per heavy atom. The Labute approximate surface area is 160 Å². The lowest BCUT2D eigenvalue weighted by molar-refractivity contribution is -0.383. The van der Waals surface area contributed by atoms with E-state index in [9.17, 15) is 18.5 Å². The van der Waals surface area contributed by atoms with Crippen molar-refractivity contribution in [3.05, 3.63) is 51.0 Å². The first-order valence-electron chi connectivity index (χ1n) is 7.94. The van der Waals surface area contributed by atoms with Crippen LogP contribution in [0, 0.1) is 10.1 Å². The fraction of sp³-hybridized carbons (Fsp3) is 0.375.